The SMILES string of the molecule is C.C.C.CCCC[Si](C)(C)OC[C@@H](C)[C@H]1CCC2C(O)CCC[C@@]21C.C[C@H](CO)[C@H]1CCC2C(O)CCC[C@@]21C. The van der Waals surface area contributed by atoms with Crippen molar-refractivity contribution >= 4 is 8.32 Å². The molecule has 0 bridgehead atoms. The molecule has 0 aliphatic heterocycles. The summed E-state index contributed by atoms with van der Waals surface area (Å²) in [5.41, 5.74) is 0.648. The molecule has 0 spiro atoms. The summed E-state index contributed by atoms with van der Waals surface area (Å²) in [7, 11) is -1.47. The Labute approximate surface area is 252 Å². The standard InChI is InChI=1S/C19H38O2Si.C13H24O2.3CH4/c1-6-7-13-22(4,5)21-14-15(2)16-10-11-17-18(20)9-8-12-19(16,17)3;1-9(8-14)10-5-6-11-12(15)4-3-7-13(10,11)2;;;/h15-18,20H,6-14H2,1-5H3;9-12,14-15H,3-8H2,1-2H3;3*1H4/t15-,16-,17?,18?,19-;9-,10-,11?,12?,13-;;;/m11.../s1. The Morgan fingerprint density at radius 2 is 1.23 bits per heavy atom. The zero-order valence-electron chi connectivity index (χ0n) is 25.5. The molecular weight excluding hydrogens is 512 g/mol. The number of unbranched alkanes of at least 4 members (excludes halogenated alkanes) is 1. The molecule has 242 valence electrons. The van der Waals surface area contributed by atoms with Crippen LogP contribution in [-0.4, -0.2) is 49.1 Å². The minimum Gasteiger partial charge on any atom is -0.417 e. The Bertz CT molecular complexity index is 701. The summed E-state index contributed by atoms with van der Waals surface area (Å²) in [6.07, 6.45) is 14.2. The predicted molar refractivity (Wildman–Crippen MR) is 177 cm³/mol. The Morgan fingerprint density at radius 1 is 0.775 bits per heavy atom. The van der Waals surface area contributed by atoms with Crippen LogP contribution in [0.1, 0.15) is 134 Å². The molecular formula is C35H74O4Si. The quantitative estimate of drug-likeness (QED) is 0.235. The van der Waals surface area contributed by atoms with E-state index in [2.05, 4.69) is 47.7 Å². The number of hydrogen-bond donors (Lipinski definition) is 3. The van der Waals surface area contributed by atoms with Gasteiger partial charge in [-0.2, -0.15) is 0 Å². The molecule has 4 nitrogen and oxygen atoms in total. The largest absolute Gasteiger partial charge is 0.417 e. The van der Waals surface area contributed by atoms with Crippen molar-refractivity contribution in [2.24, 2.45) is 46.3 Å². The van der Waals surface area contributed by atoms with Crippen molar-refractivity contribution in [3.8, 4) is 0 Å². The van der Waals surface area contributed by atoms with Crippen LogP contribution in [-0.2, 0) is 4.43 Å². The van der Waals surface area contributed by atoms with E-state index in [0.717, 1.165) is 38.2 Å². The molecule has 4 aliphatic carbocycles. The maximum atomic E-state index is 10.4. The first-order valence-electron chi connectivity index (χ1n) is 16.0. The molecule has 0 heterocycles. The monoisotopic (exact) mass is 587 g/mol. The second kappa shape index (κ2) is 16.8. The summed E-state index contributed by atoms with van der Waals surface area (Å²) >= 11 is 0. The van der Waals surface area contributed by atoms with Crippen molar-refractivity contribution < 1.29 is 19.7 Å². The van der Waals surface area contributed by atoms with Crippen LogP contribution in [0.2, 0.25) is 19.1 Å². The summed E-state index contributed by atoms with van der Waals surface area (Å²) < 4.78 is 6.43. The lowest BCUT2D eigenvalue weighted by Gasteiger charge is -2.45. The second-order valence-electron chi connectivity index (χ2n) is 14.8. The summed E-state index contributed by atoms with van der Waals surface area (Å²) in [5.74, 6) is 3.41. The lowest BCUT2D eigenvalue weighted by molar-refractivity contribution is -0.0321. The third-order valence-electron chi connectivity index (χ3n) is 11.9. The van der Waals surface area contributed by atoms with Crippen LogP contribution in [0.25, 0.3) is 0 Å². The number of fused-ring (bicyclic) bond motifs is 2. The fourth-order valence-corrected chi connectivity index (χ4v) is 11.6. The maximum Gasteiger partial charge on any atom is 0.186 e. The highest BCUT2D eigenvalue weighted by molar-refractivity contribution is 6.71. The molecule has 40 heavy (non-hydrogen) atoms. The van der Waals surface area contributed by atoms with E-state index in [4.69, 9.17) is 4.43 Å². The molecule has 0 amide bonds. The lowest BCUT2D eigenvalue weighted by Crippen LogP contribution is -2.43. The molecule has 4 aliphatic rings. The maximum absolute atomic E-state index is 10.4. The highest BCUT2D eigenvalue weighted by Crippen LogP contribution is 2.58. The van der Waals surface area contributed by atoms with E-state index in [9.17, 15) is 15.3 Å². The minimum atomic E-state index is -1.47. The average Bonchev–Trinajstić information content (AvgIpc) is 3.40. The molecule has 0 aromatic carbocycles. The van der Waals surface area contributed by atoms with Gasteiger partial charge in [-0.25, -0.2) is 0 Å². The Hall–Kier alpha value is 0.0569. The van der Waals surface area contributed by atoms with Crippen molar-refractivity contribution in [1.82, 2.24) is 0 Å². The molecule has 5 heteroatoms. The zero-order valence-corrected chi connectivity index (χ0v) is 26.5. The molecule has 4 saturated carbocycles. The zero-order chi connectivity index (χ0) is 27.4. The molecule has 0 aromatic heterocycles. The minimum absolute atomic E-state index is 0. The van der Waals surface area contributed by atoms with Crippen LogP contribution < -0.4 is 0 Å². The van der Waals surface area contributed by atoms with Gasteiger partial charge < -0.3 is 19.7 Å². The fourth-order valence-electron chi connectivity index (χ4n) is 9.52. The summed E-state index contributed by atoms with van der Waals surface area (Å²) in [4.78, 5) is 0. The number of hydrogen-bond acceptors (Lipinski definition) is 4. The van der Waals surface area contributed by atoms with E-state index < -0.39 is 8.32 Å². The Morgan fingerprint density at radius 3 is 1.65 bits per heavy atom. The van der Waals surface area contributed by atoms with Gasteiger partial charge in [0, 0.05) is 13.2 Å². The smallest absolute Gasteiger partial charge is 0.186 e. The van der Waals surface area contributed by atoms with Gasteiger partial charge in [0.05, 0.1) is 12.2 Å². The van der Waals surface area contributed by atoms with Gasteiger partial charge in [-0.05, 0) is 117 Å². The topological polar surface area (TPSA) is 69.9 Å². The number of aliphatic hydroxyl groups excluding tert-OH is 3. The number of aliphatic hydroxyl groups is 3. The van der Waals surface area contributed by atoms with Gasteiger partial charge in [0.25, 0.3) is 0 Å². The molecule has 0 radical (unpaired) electrons. The normalized spacial score (nSPS) is 38.2. The van der Waals surface area contributed by atoms with Gasteiger partial charge in [0.2, 0.25) is 0 Å². The lowest BCUT2D eigenvalue weighted by atomic mass is 9.62. The van der Waals surface area contributed by atoms with Gasteiger partial charge >= 0.3 is 0 Å². The van der Waals surface area contributed by atoms with Crippen LogP contribution in [0.15, 0.2) is 0 Å². The molecule has 4 fully saturated rings. The van der Waals surface area contributed by atoms with E-state index in [1.807, 2.05) is 0 Å². The van der Waals surface area contributed by atoms with Crippen molar-refractivity contribution in [1.29, 1.82) is 0 Å². The summed E-state index contributed by atoms with van der Waals surface area (Å²) in [5, 5.41) is 29.7. The Kier molecular flexibility index (Phi) is 16.8. The first-order chi connectivity index (χ1) is 17.4. The van der Waals surface area contributed by atoms with E-state index >= 15 is 0 Å². The highest BCUT2D eigenvalue weighted by atomic mass is 28.4. The molecule has 0 saturated heterocycles. The predicted octanol–water partition coefficient (Wildman–Crippen LogP) is 9.32. The molecule has 4 unspecified atom stereocenters. The van der Waals surface area contributed by atoms with E-state index in [0.29, 0.717) is 47.0 Å². The molecule has 3 N–H and O–H groups in total. The Balaban J connectivity index is 0.000000748. The van der Waals surface area contributed by atoms with E-state index in [1.54, 1.807) is 0 Å². The number of rotatable bonds is 9. The van der Waals surface area contributed by atoms with Crippen LogP contribution in [0, 0.1) is 46.3 Å². The van der Waals surface area contributed by atoms with Crippen LogP contribution >= 0.6 is 0 Å². The third kappa shape index (κ3) is 8.80. The summed E-state index contributed by atoms with van der Waals surface area (Å²) in [6, 6.07) is 1.29. The van der Waals surface area contributed by atoms with Crippen molar-refractivity contribution in [2.75, 3.05) is 13.2 Å². The summed E-state index contributed by atoms with van der Waals surface area (Å²) in [6.45, 7) is 17.6. The van der Waals surface area contributed by atoms with E-state index in [-0.39, 0.29) is 34.5 Å². The third-order valence-corrected chi connectivity index (χ3v) is 14.4. The van der Waals surface area contributed by atoms with Gasteiger partial charge in [-0.3, -0.25) is 0 Å². The fraction of sp³-hybridized carbons (Fsp3) is 1.00. The van der Waals surface area contributed by atoms with Gasteiger partial charge in [-0.15, -0.1) is 0 Å². The van der Waals surface area contributed by atoms with Gasteiger partial charge in [0.1, 0.15) is 0 Å². The first kappa shape index (κ1) is 40.1. The average molecular weight is 587 g/mol. The molecule has 0 aromatic rings. The van der Waals surface area contributed by atoms with Crippen molar-refractivity contribution in [3.63, 3.8) is 0 Å². The highest BCUT2D eigenvalue weighted by Gasteiger charge is 2.53. The van der Waals surface area contributed by atoms with Gasteiger partial charge in [0.15, 0.2) is 8.32 Å². The van der Waals surface area contributed by atoms with Gasteiger partial charge in [-0.1, -0.05) is 82.6 Å². The second-order valence-corrected chi connectivity index (χ2v) is 19.1. The van der Waals surface area contributed by atoms with Crippen molar-refractivity contribution in [3.05, 3.63) is 0 Å². The van der Waals surface area contributed by atoms with Crippen LogP contribution in [0.5, 0.6) is 0 Å². The van der Waals surface area contributed by atoms with Crippen LogP contribution in [0.4, 0.5) is 0 Å². The van der Waals surface area contributed by atoms with Crippen LogP contribution in [0.3, 0.4) is 0 Å². The molecule has 4 rings (SSSR count). The van der Waals surface area contributed by atoms with E-state index in [1.165, 1.54) is 57.4 Å². The van der Waals surface area contributed by atoms with Crippen molar-refractivity contribution in [2.45, 2.75) is 165 Å². The first-order valence-corrected chi connectivity index (χ1v) is 19.1. The molecule has 10 atom stereocenters.